The Balaban J connectivity index is 2.03. The van der Waals surface area contributed by atoms with Gasteiger partial charge in [-0.2, -0.15) is 15.5 Å². The quantitative estimate of drug-likeness (QED) is 0.228. The van der Waals surface area contributed by atoms with Gasteiger partial charge in [0.25, 0.3) is 5.56 Å². The molecule has 0 spiro atoms. The maximum Gasteiger partial charge on any atom is 0.333 e. The number of carbonyl (C=O) groups excluding carboxylic acids is 1. The zero-order valence-corrected chi connectivity index (χ0v) is 26.1. The second-order valence-electron chi connectivity index (χ2n) is 11.4. The van der Waals surface area contributed by atoms with Gasteiger partial charge in [0, 0.05) is 17.5 Å². The van der Waals surface area contributed by atoms with E-state index in [0.29, 0.717) is 26.7 Å². The Labute approximate surface area is 252 Å². The minimum atomic E-state index is -1.48. The summed E-state index contributed by atoms with van der Waals surface area (Å²) in [4.78, 5) is 43.6. The molecule has 4 aromatic rings. The third kappa shape index (κ3) is 6.16. The van der Waals surface area contributed by atoms with E-state index >= 15 is 0 Å². The summed E-state index contributed by atoms with van der Waals surface area (Å²) in [5, 5.41) is 18.6. The molecule has 0 aliphatic carbocycles. The van der Waals surface area contributed by atoms with Gasteiger partial charge in [-0.25, -0.2) is 13.8 Å². The van der Waals surface area contributed by atoms with Crippen LogP contribution in [0.1, 0.15) is 58.3 Å². The van der Waals surface area contributed by atoms with Gasteiger partial charge in [-0.05, 0) is 51.8 Å². The van der Waals surface area contributed by atoms with Gasteiger partial charge in [-0.3, -0.25) is 14.2 Å². The minimum Gasteiger partial charge on any atom is -0.496 e. The van der Waals surface area contributed by atoms with Crippen LogP contribution in [0.2, 0.25) is 0 Å². The highest BCUT2D eigenvalue weighted by molar-refractivity contribution is 7.21. The number of halogens is 1. The predicted molar refractivity (Wildman–Crippen MR) is 160 cm³/mol. The van der Waals surface area contributed by atoms with Crippen molar-refractivity contribution in [1.82, 2.24) is 24.1 Å². The number of aryl methyl sites for hydroxylation is 1. The van der Waals surface area contributed by atoms with E-state index in [9.17, 15) is 24.0 Å². The Bertz CT molecular complexity index is 1800. The van der Waals surface area contributed by atoms with Crippen LogP contribution in [-0.2, 0) is 21.6 Å². The number of nitrogens with zero attached hydrogens (tertiary/aromatic N) is 6. The zero-order valence-electron chi connectivity index (χ0n) is 25.3. The lowest BCUT2D eigenvalue weighted by Crippen LogP contribution is -2.53. The van der Waals surface area contributed by atoms with Crippen LogP contribution in [0, 0.1) is 35.9 Å². The number of ketones is 1. The Morgan fingerprint density at radius 1 is 1.19 bits per heavy atom. The number of aromatic nitrogens is 5. The van der Waals surface area contributed by atoms with Crippen LogP contribution in [-0.4, -0.2) is 43.6 Å². The van der Waals surface area contributed by atoms with Crippen LogP contribution >= 0.6 is 11.3 Å². The number of hydrogen-bond donors (Lipinski definition) is 0. The summed E-state index contributed by atoms with van der Waals surface area (Å²) in [6, 6.07) is 6.07. The van der Waals surface area contributed by atoms with Crippen molar-refractivity contribution < 1.29 is 18.7 Å². The van der Waals surface area contributed by atoms with Crippen molar-refractivity contribution in [2.75, 3.05) is 13.7 Å². The molecule has 2 atom stereocenters. The highest BCUT2D eigenvalue weighted by Gasteiger charge is 2.36. The molecule has 0 aliphatic rings. The lowest BCUT2D eigenvalue weighted by atomic mass is 9.91. The molecule has 228 valence electrons. The van der Waals surface area contributed by atoms with Gasteiger partial charge in [-0.15, -0.1) is 4.80 Å². The first-order valence-corrected chi connectivity index (χ1v) is 14.7. The highest BCUT2D eigenvalue weighted by Crippen LogP contribution is 2.34. The molecule has 3 aromatic heterocycles. The van der Waals surface area contributed by atoms with E-state index in [1.807, 2.05) is 13.8 Å². The molecular weight excluding hydrogens is 575 g/mol. The van der Waals surface area contributed by atoms with Gasteiger partial charge in [0.1, 0.15) is 33.0 Å². The molecule has 0 bridgehead atoms. The van der Waals surface area contributed by atoms with Crippen LogP contribution in [0.15, 0.2) is 40.2 Å². The van der Waals surface area contributed by atoms with Crippen molar-refractivity contribution in [3.05, 3.63) is 68.4 Å². The largest absolute Gasteiger partial charge is 0.496 e. The average Bonchev–Trinajstić information content (AvgIpc) is 3.60. The normalized spacial score (nSPS) is 13.3. The molecule has 11 nitrogen and oxygen atoms in total. The fourth-order valence-corrected chi connectivity index (χ4v) is 6.13. The highest BCUT2D eigenvalue weighted by atomic mass is 32.1. The smallest absolute Gasteiger partial charge is 0.333 e. The summed E-state index contributed by atoms with van der Waals surface area (Å²) in [5.41, 5.74) is -1.95. The van der Waals surface area contributed by atoms with E-state index < -0.39 is 34.6 Å². The maximum atomic E-state index is 14.5. The summed E-state index contributed by atoms with van der Waals surface area (Å²) in [6.45, 7) is 10.1. The first-order chi connectivity index (χ1) is 20.3. The summed E-state index contributed by atoms with van der Waals surface area (Å²) in [6.07, 6.45) is 2.20. The van der Waals surface area contributed by atoms with Gasteiger partial charge in [0.05, 0.1) is 50.0 Å². The first-order valence-electron chi connectivity index (χ1n) is 13.9. The van der Waals surface area contributed by atoms with Crippen molar-refractivity contribution in [1.29, 1.82) is 5.26 Å². The first kappa shape index (κ1) is 31.8. The fourth-order valence-electron chi connectivity index (χ4n) is 4.91. The Morgan fingerprint density at radius 3 is 2.47 bits per heavy atom. The van der Waals surface area contributed by atoms with Crippen molar-refractivity contribution in [2.24, 2.45) is 11.8 Å². The SMILES string of the molecule is COc1ccc(F)cc1[C@H](Cn1c(=O)n(C(C)(C)C(=O)CC(C)C)c(=O)c2c(C)c(-n3nccn3)sc21)OCC(C)C#N. The van der Waals surface area contributed by atoms with E-state index in [4.69, 9.17) is 9.47 Å². The lowest BCUT2D eigenvalue weighted by molar-refractivity contribution is -0.127. The van der Waals surface area contributed by atoms with Crippen LogP contribution < -0.4 is 16.0 Å². The molecule has 0 saturated heterocycles. The van der Waals surface area contributed by atoms with E-state index in [0.717, 1.165) is 15.9 Å². The number of fused-ring (bicyclic) bond motifs is 1. The van der Waals surface area contributed by atoms with Gasteiger partial charge >= 0.3 is 5.69 Å². The van der Waals surface area contributed by atoms with Gasteiger partial charge in [0.15, 0.2) is 5.78 Å². The molecule has 4 rings (SSSR count). The molecule has 0 fully saturated rings. The number of nitriles is 1. The Morgan fingerprint density at radius 2 is 1.86 bits per heavy atom. The number of methoxy groups -OCH3 is 1. The monoisotopic (exact) mass is 610 g/mol. The second kappa shape index (κ2) is 12.6. The predicted octanol–water partition coefficient (Wildman–Crippen LogP) is 4.53. The standard InChI is InChI=1S/C30H35FN6O5S/c1-17(2)12-24(38)30(5,6)36-26(39)25-19(4)27(37-33-10-11-34-37)43-28(25)35(29(36)40)15-23(42-16-18(3)14-32)21-13-20(31)8-9-22(21)41-7/h8-11,13,17-18,23H,12,15-16H2,1-7H3/t18?,23-/m0/s1. The Hall–Kier alpha value is -4.15. The molecule has 43 heavy (non-hydrogen) atoms. The second-order valence-corrected chi connectivity index (χ2v) is 12.4. The molecule has 13 heteroatoms. The van der Waals surface area contributed by atoms with E-state index in [1.165, 1.54) is 47.1 Å². The van der Waals surface area contributed by atoms with Crippen molar-refractivity contribution >= 4 is 27.3 Å². The molecule has 3 heterocycles. The molecular formula is C30H35FN6O5S. The fraction of sp³-hybridized carbons (Fsp3) is 0.467. The van der Waals surface area contributed by atoms with Gasteiger partial charge < -0.3 is 9.47 Å². The summed E-state index contributed by atoms with van der Waals surface area (Å²) in [7, 11) is 1.44. The van der Waals surface area contributed by atoms with Crippen LogP contribution in [0.4, 0.5) is 4.39 Å². The molecule has 1 unspecified atom stereocenters. The third-order valence-corrected chi connectivity index (χ3v) is 8.56. The lowest BCUT2D eigenvalue weighted by Gasteiger charge is -2.28. The van der Waals surface area contributed by atoms with E-state index in [-0.39, 0.29) is 36.7 Å². The third-order valence-electron chi connectivity index (χ3n) is 7.28. The van der Waals surface area contributed by atoms with Crippen LogP contribution in [0.3, 0.4) is 0 Å². The summed E-state index contributed by atoms with van der Waals surface area (Å²) < 4.78 is 28.5. The number of rotatable bonds is 12. The summed E-state index contributed by atoms with van der Waals surface area (Å²) in [5.74, 6) is -0.975. The van der Waals surface area contributed by atoms with E-state index in [1.54, 1.807) is 27.7 Å². The van der Waals surface area contributed by atoms with Crippen molar-refractivity contribution in [3.63, 3.8) is 0 Å². The number of Topliss-reactive ketones (excluding diaryl/α,β-unsaturated/α-hetero) is 1. The zero-order chi connectivity index (χ0) is 31.6. The van der Waals surface area contributed by atoms with Crippen LogP contribution in [0.5, 0.6) is 5.75 Å². The van der Waals surface area contributed by atoms with Gasteiger partial charge in [-0.1, -0.05) is 25.2 Å². The Kier molecular flexibility index (Phi) is 9.32. The average molecular weight is 611 g/mol. The molecule has 1 aromatic carbocycles. The maximum absolute atomic E-state index is 14.5. The molecule has 0 aliphatic heterocycles. The number of hydrogen-bond acceptors (Lipinski definition) is 9. The molecule has 0 saturated carbocycles. The molecule has 0 amide bonds. The number of ether oxygens (including phenoxy) is 2. The van der Waals surface area contributed by atoms with E-state index in [2.05, 4.69) is 16.3 Å². The van der Waals surface area contributed by atoms with Gasteiger partial charge in [0.2, 0.25) is 0 Å². The number of benzene rings is 1. The topological polar surface area (TPSA) is 134 Å². The molecule has 0 N–H and O–H groups in total. The number of carbonyl (C=O) groups is 1. The minimum absolute atomic E-state index is 0.00848. The summed E-state index contributed by atoms with van der Waals surface area (Å²) >= 11 is 1.14. The van der Waals surface area contributed by atoms with Crippen molar-refractivity contribution in [2.45, 2.75) is 66.2 Å². The number of thiophene rings is 1. The molecule has 0 radical (unpaired) electrons. The van der Waals surface area contributed by atoms with Crippen molar-refractivity contribution in [3.8, 4) is 16.8 Å². The van der Waals surface area contributed by atoms with Crippen LogP contribution in [0.25, 0.3) is 15.2 Å².